The van der Waals surface area contributed by atoms with Crippen LogP contribution in [0.2, 0.25) is 0 Å². The molecule has 0 spiro atoms. The number of aromatic nitrogens is 3. The molecule has 0 aliphatic carbocycles. The summed E-state index contributed by atoms with van der Waals surface area (Å²) >= 11 is 0. The molecule has 1 aromatic carbocycles. The van der Waals surface area contributed by atoms with Gasteiger partial charge in [0.25, 0.3) is 0 Å². The van der Waals surface area contributed by atoms with Gasteiger partial charge >= 0.3 is 5.97 Å². The molecule has 0 radical (unpaired) electrons. The zero-order valence-corrected chi connectivity index (χ0v) is 18.0. The summed E-state index contributed by atoms with van der Waals surface area (Å²) in [7, 11) is 0. The van der Waals surface area contributed by atoms with Crippen molar-refractivity contribution >= 4 is 11.9 Å². The monoisotopic (exact) mass is 412 g/mol. The van der Waals surface area contributed by atoms with Gasteiger partial charge in [0, 0.05) is 32.6 Å². The third-order valence-corrected chi connectivity index (χ3v) is 5.24. The molecular weight excluding hydrogens is 380 g/mol. The number of nitrogens with one attached hydrogen (secondary N) is 1. The summed E-state index contributed by atoms with van der Waals surface area (Å²) in [5.41, 5.74) is 1.16. The fourth-order valence-corrected chi connectivity index (χ4v) is 3.67. The van der Waals surface area contributed by atoms with Crippen LogP contribution in [-0.4, -0.2) is 57.8 Å². The van der Waals surface area contributed by atoms with Crippen molar-refractivity contribution in [2.45, 2.75) is 46.2 Å². The van der Waals surface area contributed by atoms with Crippen molar-refractivity contribution in [1.82, 2.24) is 25.0 Å². The summed E-state index contributed by atoms with van der Waals surface area (Å²) in [5.74, 6) is 1.59. The van der Waals surface area contributed by atoms with Crippen molar-refractivity contribution in [2.75, 3.05) is 26.2 Å². The second-order valence-corrected chi connectivity index (χ2v) is 7.38. The first-order valence-corrected chi connectivity index (χ1v) is 10.8. The number of nitrogens with zero attached hydrogens (tertiary/aromatic N) is 5. The third-order valence-electron chi connectivity index (χ3n) is 5.24. The minimum Gasteiger partial charge on any atom is -0.466 e. The van der Waals surface area contributed by atoms with Crippen molar-refractivity contribution in [3.05, 3.63) is 48.0 Å². The average molecular weight is 413 g/mol. The highest BCUT2D eigenvalue weighted by atomic mass is 16.5. The van der Waals surface area contributed by atoms with Crippen molar-refractivity contribution in [3.8, 4) is 0 Å². The van der Waals surface area contributed by atoms with Gasteiger partial charge in [-0.2, -0.15) is 0 Å². The van der Waals surface area contributed by atoms with E-state index in [4.69, 9.17) is 9.73 Å². The van der Waals surface area contributed by atoms with Gasteiger partial charge in [-0.15, -0.1) is 10.2 Å². The van der Waals surface area contributed by atoms with Gasteiger partial charge in [-0.05, 0) is 25.3 Å². The molecule has 0 amide bonds. The molecule has 2 aromatic rings. The summed E-state index contributed by atoms with van der Waals surface area (Å²) in [6.07, 6.45) is 4.42. The van der Waals surface area contributed by atoms with Crippen LogP contribution >= 0.6 is 0 Å². The molecular formula is C22H32N6O2. The zero-order chi connectivity index (χ0) is 21.2. The number of aryl methyl sites for hydroxylation is 1. The Morgan fingerprint density at radius 2 is 2.13 bits per heavy atom. The van der Waals surface area contributed by atoms with Crippen molar-refractivity contribution in [3.63, 3.8) is 0 Å². The number of likely N-dealkylation sites (tertiary alicyclic amines) is 1. The molecule has 3 rings (SSSR count). The van der Waals surface area contributed by atoms with E-state index in [2.05, 4.69) is 44.0 Å². The van der Waals surface area contributed by atoms with Crippen molar-refractivity contribution in [2.24, 2.45) is 10.9 Å². The Bertz CT molecular complexity index is 820. The number of ether oxygens (including phenoxy) is 1. The van der Waals surface area contributed by atoms with E-state index < -0.39 is 0 Å². The maximum Gasteiger partial charge on any atom is 0.310 e. The molecule has 30 heavy (non-hydrogen) atoms. The molecule has 0 bridgehead atoms. The van der Waals surface area contributed by atoms with Gasteiger partial charge < -0.3 is 19.5 Å². The summed E-state index contributed by atoms with van der Waals surface area (Å²) in [4.78, 5) is 19.3. The maximum absolute atomic E-state index is 12.3. The second kappa shape index (κ2) is 11.3. The number of guanidine groups is 1. The molecule has 1 unspecified atom stereocenters. The maximum atomic E-state index is 12.3. The predicted octanol–water partition coefficient (Wildman–Crippen LogP) is 2.26. The van der Waals surface area contributed by atoms with Crippen LogP contribution in [-0.2, 0) is 29.0 Å². The van der Waals surface area contributed by atoms with E-state index in [0.29, 0.717) is 26.2 Å². The number of carbonyl (C=O) groups excluding carboxylic acids is 1. The Morgan fingerprint density at radius 3 is 2.90 bits per heavy atom. The summed E-state index contributed by atoms with van der Waals surface area (Å²) in [6, 6.07) is 10.2. The van der Waals surface area contributed by atoms with Crippen LogP contribution in [0.25, 0.3) is 0 Å². The number of benzene rings is 1. The smallest absolute Gasteiger partial charge is 0.310 e. The van der Waals surface area contributed by atoms with Gasteiger partial charge in [0.15, 0.2) is 5.96 Å². The fraction of sp³-hybridized carbons (Fsp3) is 0.545. The van der Waals surface area contributed by atoms with E-state index in [9.17, 15) is 4.79 Å². The Labute approximate surface area is 178 Å². The average Bonchev–Trinajstić information content (AvgIpc) is 3.24. The zero-order valence-electron chi connectivity index (χ0n) is 18.0. The van der Waals surface area contributed by atoms with Gasteiger partial charge in [0.05, 0.1) is 19.1 Å². The van der Waals surface area contributed by atoms with E-state index in [1.54, 1.807) is 6.33 Å². The van der Waals surface area contributed by atoms with Crippen molar-refractivity contribution < 1.29 is 9.53 Å². The molecule has 8 heteroatoms. The van der Waals surface area contributed by atoms with E-state index in [-0.39, 0.29) is 11.9 Å². The summed E-state index contributed by atoms with van der Waals surface area (Å²) in [5, 5.41) is 11.6. The molecule has 1 aliphatic rings. The van der Waals surface area contributed by atoms with Crippen LogP contribution in [0.4, 0.5) is 0 Å². The number of esters is 1. The number of aliphatic imine (C=N–C) groups is 1. The molecule has 2 heterocycles. The molecule has 1 aliphatic heterocycles. The fourth-order valence-electron chi connectivity index (χ4n) is 3.67. The number of rotatable bonds is 8. The predicted molar refractivity (Wildman–Crippen MR) is 116 cm³/mol. The molecule has 162 valence electrons. The molecule has 8 nitrogen and oxygen atoms in total. The van der Waals surface area contributed by atoms with Gasteiger partial charge in [-0.3, -0.25) is 4.79 Å². The van der Waals surface area contributed by atoms with Crippen LogP contribution < -0.4 is 5.32 Å². The minimum absolute atomic E-state index is 0.105. The van der Waals surface area contributed by atoms with E-state index >= 15 is 0 Å². The van der Waals surface area contributed by atoms with Crippen molar-refractivity contribution in [1.29, 1.82) is 0 Å². The van der Waals surface area contributed by atoms with Gasteiger partial charge in [0.1, 0.15) is 12.2 Å². The number of piperidine rings is 1. The van der Waals surface area contributed by atoms with Gasteiger partial charge in [-0.1, -0.05) is 37.3 Å². The molecule has 1 atom stereocenters. The van der Waals surface area contributed by atoms with E-state index in [1.165, 1.54) is 0 Å². The van der Waals surface area contributed by atoms with E-state index in [1.807, 2.05) is 25.1 Å². The summed E-state index contributed by atoms with van der Waals surface area (Å²) < 4.78 is 7.31. The topological polar surface area (TPSA) is 84.6 Å². The minimum atomic E-state index is -0.110. The van der Waals surface area contributed by atoms with Crippen LogP contribution in [0, 0.1) is 5.92 Å². The molecule has 1 N–H and O–H groups in total. The lowest BCUT2D eigenvalue weighted by Crippen LogP contribution is -2.49. The molecule has 1 aromatic heterocycles. The lowest BCUT2D eigenvalue weighted by atomic mass is 9.98. The first-order chi connectivity index (χ1) is 14.7. The SMILES string of the molecule is CCOC(=O)C1CCCN(C(=NCc2ccccc2)NCCn2cnnc2CC)C1. The largest absolute Gasteiger partial charge is 0.466 e. The van der Waals surface area contributed by atoms with E-state index in [0.717, 1.165) is 49.7 Å². The number of hydrogen-bond acceptors (Lipinski definition) is 5. The number of carbonyl (C=O) groups is 1. The molecule has 1 saturated heterocycles. The Balaban J connectivity index is 1.67. The lowest BCUT2D eigenvalue weighted by molar-refractivity contribution is -0.149. The molecule has 0 saturated carbocycles. The lowest BCUT2D eigenvalue weighted by Gasteiger charge is -2.34. The van der Waals surface area contributed by atoms with Crippen LogP contribution in [0.5, 0.6) is 0 Å². The Kier molecular flexibility index (Phi) is 8.23. The highest BCUT2D eigenvalue weighted by Gasteiger charge is 2.28. The van der Waals surface area contributed by atoms with Gasteiger partial charge in [-0.25, -0.2) is 4.99 Å². The Hall–Kier alpha value is -2.90. The first-order valence-electron chi connectivity index (χ1n) is 10.8. The van der Waals surface area contributed by atoms with Gasteiger partial charge in [0.2, 0.25) is 0 Å². The molecule has 1 fully saturated rings. The normalized spacial score (nSPS) is 17.1. The van der Waals surface area contributed by atoms with Crippen LogP contribution in [0.1, 0.15) is 38.1 Å². The Morgan fingerprint density at radius 1 is 1.30 bits per heavy atom. The highest BCUT2D eigenvalue weighted by molar-refractivity contribution is 5.81. The second-order valence-electron chi connectivity index (χ2n) is 7.38. The summed E-state index contributed by atoms with van der Waals surface area (Å²) in [6.45, 7) is 7.91. The number of hydrogen-bond donors (Lipinski definition) is 1. The standard InChI is InChI=1S/C22H32N6O2/c1-3-20-26-25-17-28(20)14-12-23-22(24-15-18-9-6-5-7-10-18)27-13-8-11-19(16-27)21(29)30-4-2/h5-7,9-10,17,19H,3-4,8,11-16H2,1-2H3,(H,23,24). The quantitative estimate of drug-likeness (QED) is 0.407. The third kappa shape index (κ3) is 6.05. The van der Waals surface area contributed by atoms with Crippen LogP contribution in [0.15, 0.2) is 41.7 Å². The highest BCUT2D eigenvalue weighted by Crippen LogP contribution is 2.18. The first kappa shape index (κ1) is 21.8. The van der Waals surface area contributed by atoms with Crippen LogP contribution in [0.3, 0.4) is 0 Å².